The summed E-state index contributed by atoms with van der Waals surface area (Å²) < 4.78 is 26.6. The molecule has 0 N–H and O–H groups in total. The summed E-state index contributed by atoms with van der Waals surface area (Å²) in [5.74, 6) is 1.16. The Labute approximate surface area is 307 Å². The third-order valence-electron chi connectivity index (χ3n) is 7.07. The lowest BCUT2D eigenvalue weighted by atomic mass is 9.95. The monoisotopic (exact) mass is 870 g/mol. The lowest BCUT2D eigenvalue weighted by molar-refractivity contribution is -0.139. The van der Waals surface area contributed by atoms with Crippen molar-refractivity contribution in [3.63, 3.8) is 0 Å². The highest BCUT2D eigenvalue weighted by atomic mass is 127. The molecule has 47 heavy (non-hydrogen) atoms. The average molecular weight is 872 g/mol. The highest BCUT2D eigenvalue weighted by molar-refractivity contribution is 14.1. The Morgan fingerprint density at radius 3 is 2.55 bits per heavy atom. The van der Waals surface area contributed by atoms with E-state index in [9.17, 15) is 9.59 Å². The number of rotatable bonds is 10. The van der Waals surface area contributed by atoms with Crippen LogP contribution in [-0.2, 0) is 16.1 Å². The molecule has 1 aliphatic rings. The maximum atomic E-state index is 14.1. The fourth-order valence-electron chi connectivity index (χ4n) is 5.05. The fraction of sp³-hybridized carbons (Fsp3) is 0.265. The summed E-state index contributed by atoms with van der Waals surface area (Å²) >= 11 is 19.3. The van der Waals surface area contributed by atoms with E-state index in [2.05, 4.69) is 43.5 Å². The SMILES string of the molecule is CCOC(=O)C1=C(C)N=c2s/c(=C\c3cc(Br)c(OCc4ccc(Cl)c(Cl)c4)c(I)c3)c(=O)n2[C@H]1c1ccc(OC(C)C)c(OC)c1. The molecule has 1 aliphatic heterocycles. The summed E-state index contributed by atoms with van der Waals surface area (Å²) in [6, 6.07) is 13.8. The minimum absolute atomic E-state index is 0.0732. The number of hydrogen-bond donors (Lipinski definition) is 0. The molecule has 0 radical (unpaired) electrons. The number of nitrogens with zero attached hydrogens (tertiary/aromatic N) is 2. The van der Waals surface area contributed by atoms with Gasteiger partial charge in [-0.05, 0) is 125 Å². The van der Waals surface area contributed by atoms with Crippen molar-refractivity contribution < 1.29 is 23.7 Å². The molecule has 0 saturated carbocycles. The van der Waals surface area contributed by atoms with Crippen molar-refractivity contribution in [1.29, 1.82) is 0 Å². The lowest BCUT2D eigenvalue weighted by Gasteiger charge is -2.25. The molecule has 4 aromatic rings. The summed E-state index contributed by atoms with van der Waals surface area (Å²) in [6.45, 7) is 7.81. The summed E-state index contributed by atoms with van der Waals surface area (Å²) in [6.07, 6.45) is 1.73. The van der Waals surface area contributed by atoms with Crippen LogP contribution < -0.4 is 29.1 Å². The van der Waals surface area contributed by atoms with Crippen molar-refractivity contribution in [2.45, 2.75) is 46.4 Å². The van der Waals surface area contributed by atoms with Gasteiger partial charge in [-0.2, -0.15) is 0 Å². The highest BCUT2D eigenvalue weighted by Crippen LogP contribution is 2.37. The van der Waals surface area contributed by atoms with Crippen molar-refractivity contribution in [3.05, 3.63) is 114 Å². The highest BCUT2D eigenvalue weighted by Gasteiger charge is 2.34. The number of fused-ring (bicyclic) bond motifs is 1. The molecule has 0 amide bonds. The zero-order valence-corrected chi connectivity index (χ0v) is 32.1. The van der Waals surface area contributed by atoms with E-state index in [1.165, 1.54) is 11.3 Å². The molecule has 5 rings (SSSR count). The first kappa shape index (κ1) is 35.5. The Kier molecular flexibility index (Phi) is 11.4. The van der Waals surface area contributed by atoms with E-state index in [0.29, 0.717) is 54.5 Å². The first-order chi connectivity index (χ1) is 22.4. The van der Waals surface area contributed by atoms with Gasteiger partial charge in [0.1, 0.15) is 12.4 Å². The van der Waals surface area contributed by atoms with Gasteiger partial charge in [0.05, 0.1) is 59.8 Å². The van der Waals surface area contributed by atoms with E-state index in [-0.39, 0.29) is 23.8 Å². The summed E-state index contributed by atoms with van der Waals surface area (Å²) in [7, 11) is 1.55. The van der Waals surface area contributed by atoms with E-state index in [1.54, 1.807) is 55.9 Å². The molecule has 8 nitrogen and oxygen atoms in total. The number of thiazole rings is 1. The predicted molar refractivity (Wildman–Crippen MR) is 197 cm³/mol. The molecule has 1 aromatic heterocycles. The molecular formula is C34H30BrCl2IN2O6S. The van der Waals surface area contributed by atoms with Crippen molar-refractivity contribution in [3.8, 4) is 17.2 Å². The number of benzene rings is 3. The molecule has 2 heterocycles. The van der Waals surface area contributed by atoms with Gasteiger partial charge >= 0.3 is 5.97 Å². The van der Waals surface area contributed by atoms with Gasteiger partial charge in [-0.25, -0.2) is 9.79 Å². The van der Waals surface area contributed by atoms with Gasteiger partial charge < -0.3 is 18.9 Å². The van der Waals surface area contributed by atoms with Gasteiger partial charge in [0.15, 0.2) is 16.3 Å². The standard InChI is InChI=1S/C34H30BrCl2IN2O6S/c1-6-44-33(42)29-18(4)39-34-40(30(29)21-8-10-26(46-17(2)3)27(15-21)43-5)32(41)28(47-34)14-20-11-22(35)31(25(38)13-20)45-16-19-7-9-23(36)24(37)12-19/h7-15,17,30H,6,16H2,1-5H3/b28-14-/t30-/m0/s1. The summed E-state index contributed by atoms with van der Waals surface area (Å²) in [5, 5.41) is 0.940. The van der Waals surface area contributed by atoms with Crippen molar-refractivity contribution in [2.24, 2.45) is 4.99 Å². The quantitative estimate of drug-likeness (QED) is 0.119. The first-order valence-corrected chi connectivity index (χ1v) is 18.0. The Morgan fingerprint density at radius 1 is 1.13 bits per heavy atom. The van der Waals surface area contributed by atoms with Gasteiger partial charge in [-0.3, -0.25) is 9.36 Å². The smallest absolute Gasteiger partial charge is 0.338 e. The number of halogens is 4. The average Bonchev–Trinajstić information content (AvgIpc) is 3.31. The number of methoxy groups -OCH3 is 1. The predicted octanol–water partition coefficient (Wildman–Crippen LogP) is 7.85. The van der Waals surface area contributed by atoms with Gasteiger partial charge in [-0.15, -0.1) is 0 Å². The van der Waals surface area contributed by atoms with Crippen LogP contribution in [0.25, 0.3) is 6.08 Å². The second-order valence-electron chi connectivity index (χ2n) is 10.7. The second-order valence-corrected chi connectivity index (χ2v) is 14.6. The lowest BCUT2D eigenvalue weighted by Crippen LogP contribution is -2.40. The molecule has 0 spiro atoms. The number of hydrogen-bond acceptors (Lipinski definition) is 8. The van der Waals surface area contributed by atoms with Crippen LogP contribution in [0.2, 0.25) is 10.0 Å². The number of carbonyl (C=O) groups is 1. The Morgan fingerprint density at radius 2 is 1.89 bits per heavy atom. The molecule has 0 fully saturated rings. The zero-order chi connectivity index (χ0) is 34.0. The molecule has 0 bridgehead atoms. The number of allylic oxidation sites excluding steroid dienone is 1. The maximum absolute atomic E-state index is 14.1. The Hall–Kier alpha value is -2.84. The van der Waals surface area contributed by atoms with Crippen molar-refractivity contribution >= 4 is 85.1 Å². The third-order valence-corrected chi connectivity index (χ3v) is 10.2. The van der Waals surface area contributed by atoms with Crippen LogP contribution in [0.5, 0.6) is 17.2 Å². The first-order valence-electron chi connectivity index (χ1n) is 14.5. The number of aromatic nitrogens is 1. The topological polar surface area (TPSA) is 88.4 Å². The minimum atomic E-state index is -0.793. The van der Waals surface area contributed by atoms with Crippen LogP contribution in [0.3, 0.4) is 0 Å². The van der Waals surface area contributed by atoms with E-state index in [1.807, 2.05) is 38.1 Å². The van der Waals surface area contributed by atoms with Crippen LogP contribution in [0.15, 0.2) is 74.1 Å². The zero-order valence-electron chi connectivity index (χ0n) is 26.0. The normalized spacial score (nSPS) is 14.6. The fourth-order valence-corrected chi connectivity index (χ4v) is 8.19. The summed E-state index contributed by atoms with van der Waals surface area (Å²) in [5.41, 5.74) is 2.78. The molecule has 0 unspecified atom stereocenters. The Bertz CT molecular complexity index is 2050. The number of ether oxygens (including phenoxy) is 4. The van der Waals surface area contributed by atoms with Crippen LogP contribution in [0, 0.1) is 3.57 Å². The van der Waals surface area contributed by atoms with E-state index >= 15 is 0 Å². The molecule has 0 saturated heterocycles. The largest absolute Gasteiger partial charge is 0.493 e. The van der Waals surface area contributed by atoms with Gasteiger partial charge in [0.2, 0.25) is 0 Å². The number of esters is 1. The van der Waals surface area contributed by atoms with E-state index < -0.39 is 12.0 Å². The third kappa shape index (κ3) is 7.75. The van der Waals surface area contributed by atoms with E-state index in [0.717, 1.165) is 19.2 Å². The van der Waals surface area contributed by atoms with Crippen LogP contribution in [0.4, 0.5) is 0 Å². The molecule has 3 aromatic carbocycles. The molecule has 1 atom stereocenters. The van der Waals surface area contributed by atoms with Crippen molar-refractivity contribution in [2.75, 3.05) is 13.7 Å². The molecule has 13 heteroatoms. The van der Waals surface area contributed by atoms with Gasteiger partial charge in [0, 0.05) is 0 Å². The molecule has 0 aliphatic carbocycles. The second kappa shape index (κ2) is 15.1. The minimum Gasteiger partial charge on any atom is -0.493 e. The Balaban J connectivity index is 1.56. The van der Waals surface area contributed by atoms with Gasteiger partial charge in [0.25, 0.3) is 5.56 Å². The van der Waals surface area contributed by atoms with Crippen LogP contribution in [0.1, 0.15) is 50.4 Å². The van der Waals surface area contributed by atoms with Crippen molar-refractivity contribution in [1.82, 2.24) is 4.57 Å². The van der Waals surface area contributed by atoms with Crippen LogP contribution >= 0.6 is 73.1 Å². The van der Waals surface area contributed by atoms with Gasteiger partial charge in [-0.1, -0.05) is 46.7 Å². The molecular weight excluding hydrogens is 842 g/mol. The summed E-state index contributed by atoms with van der Waals surface area (Å²) in [4.78, 5) is 32.6. The van der Waals surface area contributed by atoms with E-state index in [4.69, 9.17) is 42.1 Å². The maximum Gasteiger partial charge on any atom is 0.338 e. The van der Waals surface area contributed by atoms with Crippen LogP contribution in [-0.4, -0.2) is 30.4 Å². The molecule has 246 valence electrons. The number of carbonyl (C=O) groups excluding carboxylic acids is 1.